The molecule has 0 saturated carbocycles. The molecule has 8 heteroatoms. The summed E-state index contributed by atoms with van der Waals surface area (Å²) in [4.78, 5) is 13.8. The highest BCUT2D eigenvalue weighted by atomic mass is 35.5. The van der Waals surface area contributed by atoms with Crippen LogP contribution in [0.3, 0.4) is 0 Å². The molecule has 0 saturated heterocycles. The first-order valence-electron chi connectivity index (χ1n) is 9.64. The van der Waals surface area contributed by atoms with Crippen molar-refractivity contribution in [3.05, 3.63) is 82.3 Å². The number of anilines is 2. The lowest BCUT2D eigenvalue weighted by molar-refractivity contribution is 1.01. The number of para-hydroxylation sites is 2. The Labute approximate surface area is 189 Å². The maximum atomic E-state index is 6.37. The lowest BCUT2D eigenvalue weighted by atomic mass is 10.1. The van der Waals surface area contributed by atoms with E-state index >= 15 is 0 Å². The fourth-order valence-electron chi connectivity index (χ4n) is 3.17. The zero-order valence-electron chi connectivity index (χ0n) is 16.5. The van der Waals surface area contributed by atoms with E-state index in [1.807, 2.05) is 48.5 Å². The van der Waals surface area contributed by atoms with Crippen LogP contribution in [0.1, 0.15) is 5.56 Å². The van der Waals surface area contributed by atoms with Gasteiger partial charge in [-0.3, -0.25) is 4.99 Å². The quantitative estimate of drug-likeness (QED) is 0.166. The highest BCUT2D eigenvalue weighted by Crippen LogP contribution is 2.31. The van der Waals surface area contributed by atoms with Gasteiger partial charge in [0.2, 0.25) is 0 Å². The monoisotopic (exact) mass is 450 g/mol. The van der Waals surface area contributed by atoms with Crippen molar-refractivity contribution in [2.24, 2.45) is 10.7 Å². The summed E-state index contributed by atoms with van der Waals surface area (Å²) in [6.45, 7) is 0.984. The first-order chi connectivity index (χ1) is 15.0. The van der Waals surface area contributed by atoms with E-state index in [0.29, 0.717) is 51.9 Å². The van der Waals surface area contributed by atoms with Crippen LogP contribution >= 0.6 is 23.2 Å². The SMILES string of the molecule is NC(=NCCNc1nc(-c2ccc(Cl)cc2Cl)nc2ccccc12)c1ccccc1N. The van der Waals surface area contributed by atoms with Crippen LogP contribution in [-0.4, -0.2) is 28.9 Å². The average molecular weight is 451 g/mol. The minimum atomic E-state index is 0.404. The Morgan fingerprint density at radius 1 is 0.968 bits per heavy atom. The number of nitrogens with one attached hydrogen (secondary N) is 1. The van der Waals surface area contributed by atoms with Gasteiger partial charge in [0.05, 0.1) is 17.1 Å². The Morgan fingerprint density at radius 2 is 1.74 bits per heavy atom. The molecule has 0 atom stereocenters. The number of halogens is 2. The zero-order valence-corrected chi connectivity index (χ0v) is 18.0. The molecule has 0 amide bonds. The van der Waals surface area contributed by atoms with Gasteiger partial charge in [0.25, 0.3) is 0 Å². The second kappa shape index (κ2) is 9.20. The first-order valence-corrected chi connectivity index (χ1v) is 10.4. The van der Waals surface area contributed by atoms with Gasteiger partial charge in [0.15, 0.2) is 5.82 Å². The first kappa shape index (κ1) is 20.9. The van der Waals surface area contributed by atoms with Gasteiger partial charge in [0.1, 0.15) is 11.7 Å². The topological polar surface area (TPSA) is 102 Å². The van der Waals surface area contributed by atoms with E-state index in [4.69, 9.17) is 39.7 Å². The number of amidine groups is 1. The van der Waals surface area contributed by atoms with Crippen LogP contribution in [0.5, 0.6) is 0 Å². The molecule has 3 aromatic carbocycles. The number of nitrogens with two attached hydrogens (primary N) is 2. The molecule has 0 radical (unpaired) electrons. The standard InChI is InChI=1S/C23H20Cl2N6/c24-14-9-10-15(18(25)13-14)23-30-20-8-4-2-6-17(20)22(31-23)29-12-11-28-21(27)16-5-1-3-7-19(16)26/h1-10,13H,11-12,26H2,(H2,27,28)(H,29,30,31). The number of rotatable bonds is 6. The van der Waals surface area contributed by atoms with Crippen molar-refractivity contribution in [3.8, 4) is 11.4 Å². The van der Waals surface area contributed by atoms with Crippen LogP contribution in [0.2, 0.25) is 10.0 Å². The molecule has 0 spiro atoms. The number of benzene rings is 3. The number of fused-ring (bicyclic) bond motifs is 1. The molecule has 0 bridgehead atoms. The fourth-order valence-corrected chi connectivity index (χ4v) is 3.66. The highest BCUT2D eigenvalue weighted by molar-refractivity contribution is 6.36. The molecule has 0 aliphatic carbocycles. The highest BCUT2D eigenvalue weighted by Gasteiger charge is 2.12. The molecule has 1 heterocycles. The van der Waals surface area contributed by atoms with Gasteiger partial charge in [-0.2, -0.15) is 0 Å². The van der Waals surface area contributed by atoms with E-state index in [1.165, 1.54) is 0 Å². The van der Waals surface area contributed by atoms with Crippen molar-refractivity contribution in [2.75, 3.05) is 24.1 Å². The number of nitrogens with zero attached hydrogens (tertiary/aromatic N) is 3. The summed E-state index contributed by atoms with van der Waals surface area (Å²) < 4.78 is 0. The molecule has 6 nitrogen and oxygen atoms in total. The number of aromatic nitrogens is 2. The van der Waals surface area contributed by atoms with Gasteiger partial charge >= 0.3 is 0 Å². The molecule has 156 valence electrons. The van der Waals surface area contributed by atoms with Crippen LogP contribution < -0.4 is 16.8 Å². The van der Waals surface area contributed by atoms with Gasteiger partial charge in [-0.15, -0.1) is 0 Å². The van der Waals surface area contributed by atoms with Gasteiger partial charge in [-0.1, -0.05) is 47.5 Å². The van der Waals surface area contributed by atoms with Crippen molar-refractivity contribution >= 4 is 51.4 Å². The van der Waals surface area contributed by atoms with E-state index in [-0.39, 0.29) is 0 Å². The van der Waals surface area contributed by atoms with E-state index in [1.54, 1.807) is 18.2 Å². The fraction of sp³-hybridized carbons (Fsp3) is 0.0870. The lowest BCUT2D eigenvalue weighted by Crippen LogP contribution is -2.18. The van der Waals surface area contributed by atoms with Crippen LogP contribution in [0.15, 0.2) is 71.7 Å². The molecule has 0 fully saturated rings. The van der Waals surface area contributed by atoms with Gasteiger partial charge in [0, 0.05) is 33.8 Å². The van der Waals surface area contributed by atoms with Crippen LogP contribution in [-0.2, 0) is 0 Å². The molecular formula is C23H20Cl2N6. The summed E-state index contributed by atoms with van der Waals surface area (Å²) in [5, 5.41) is 5.29. The third-order valence-electron chi connectivity index (χ3n) is 4.70. The van der Waals surface area contributed by atoms with E-state index in [2.05, 4.69) is 15.3 Å². The average Bonchev–Trinajstić information content (AvgIpc) is 2.76. The van der Waals surface area contributed by atoms with Crippen molar-refractivity contribution in [3.63, 3.8) is 0 Å². The van der Waals surface area contributed by atoms with Crippen molar-refractivity contribution in [2.45, 2.75) is 0 Å². The molecule has 0 unspecified atom stereocenters. The summed E-state index contributed by atoms with van der Waals surface area (Å²) in [6.07, 6.45) is 0. The Bertz CT molecular complexity index is 1270. The zero-order chi connectivity index (χ0) is 21.8. The van der Waals surface area contributed by atoms with E-state index in [0.717, 1.165) is 16.5 Å². The maximum absolute atomic E-state index is 6.37. The molecular weight excluding hydrogens is 431 g/mol. The van der Waals surface area contributed by atoms with Gasteiger partial charge in [-0.25, -0.2) is 9.97 Å². The summed E-state index contributed by atoms with van der Waals surface area (Å²) in [5.41, 5.74) is 14.9. The Balaban J connectivity index is 1.58. The largest absolute Gasteiger partial charge is 0.398 e. The second-order valence-corrected chi connectivity index (χ2v) is 7.66. The second-order valence-electron chi connectivity index (χ2n) is 6.82. The predicted molar refractivity (Wildman–Crippen MR) is 130 cm³/mol. The Kier molecular flexibility index (Phi) is 6.21. The molecule has 5 N–H and O–H groups in total. The van der Waals surface area contributed by atoms with Gasteiger partial charge < -0.3 is 16.8 Å². The van der Waals surface area contributed by atoms with Crippen molar-refractivity contribution in [1.29, 1.82) is 0 Å². The molecule has 4 rings (SSSR count). The van der Waals surface area contributed by atoms with Crippen LogP contribution in [0.25, 0.3) is 22.3 Å². The Morgan fingerprint density at radius 3 is 2.55 bits per heavy atom. The van der Waals surface area contributed by atoms with Crippen LogP contribution in [0, 0.1) is 0 Å². The minimum Gasteiger partial charge on any atom is -0.398 e. The van der Waals surface area contributed by atoms with Crippen LogP contribution in [0.4, 0.5) is 11.5 Å². The summed E-state index contributed by atoms with van der Waals surface area (Å²) in [6, 6.07) is 20.4. The third-order valence-corrected chi connectivity index (χ3v) is 5.25. The number of hydrogen-bond donors (Lipinski definition) is 3. The summed E-state index contributed by atoms with van der Waals surface area (Å²) in [7, 11) is 0. The molecule has 0 aliphatic heterocycles. The number of nitrogen functional groups attached to an aromatic ring is 1. The normalized spacial score (nSPS) is 11.6. The van der Waals surface area contributed by atoms with Crippen molar-refractivity contribution in [1.82, 2.24) is 9.97 Å². The smallest absolute Gasteiger partial charge is 0.163 e. The maximum Gasteiger partial charge on any atom is 0.163 e. The lowest BCUT2D eigenvalue weighted by Gasteiger charge is -2.11. The molecule has 1 aromatic heterocycles. The summed E-state index contributed by atoms with van der Waals surface area (Å²) >= 11 is 12.4. The number of hydrogen-bond acceptors (Lipinski definition) is 5. The van der Waals surface area contributed by atoms with E-state index < -0.39 is 0 Å². The van der Waals surface area contributed by atoms with Crippen molar-refractivity contribution < 1.29 is 0 Å². The Hall–Kier alpha value is -3.35. The summed E-state index contributed by atoms with van der Waals surface area (Å²) in [5.74, 6) is 1.61. The molecule has 31 heavy (non-hydrogen) atoms. The van der Waals surface area contributed by atoms with Gasteiger partial charge in [-0.05, 0) is 42.5 Å². The number of aliphatic imine (C=N–C) groups is 1. The minimum absolute atomic E-state index is 0.404. The molecule has 0 aliphatic rings. The predicted octanol–water partition coefficient (Wildman–Crippen LogP) is 5.00. The molecule has 4 aromatic rings. The third kappa shape index (κ3) is 4.71. The van der Waals surface area contributed by atoms with E-state index in [9.17, 15) is 0 Å².